The van der Waals surface area contributed by atoms with Crippen molar-refractivity contribution in [1.82, 2.24) is 10.6 Å². The fourth-order valence-electron chi connectivity index (χ4n) is 2.31. The number of hydrogen-bond acceptors (Lipinski definition) is 3. The first-order valence-corrected chi connectivity index (χ1v) is 7.57. The van der Waals surface area contributed by atoms with Gasteiger partial charge in [0.1, 0.15) is 0 Å². The molecule has 6 heteroatoms. The first-order valence-electron chi connectivity index (χ1n) is 7.57. The number of nitrogens with one attached hydrogen (secondary N) is 2. The quantitative estimate of drug-likeness (QED) is 0.836. The van der Waals surface area contributed by atoms with Crippen LogP contribution in [0.1, 0.15) is 38.8 Å². The van der Waals surface area contributed by atoms with Crippen molar-refractivity contribution in [3.8, 4) is 0 Å². The molecule has 0 aromatic heterocycles. The third-order valence-electron chi connectivity index (χ3n) is 4.56. The maximum atomic E-state index is 11.3. The number of carbonyl (C=O) groups excluding carboxylic acids is 1. The molecular weight excluding hydrogens is 279 g/mol. The third-order valence-corrected chi connectivity index (χ3v) is 4.56. The SMILES string of the molecule is CNC(=O)NCc1ccc(B2OC(C)(C)C(C)(C)O2)cc1C. The van der Waals surface area contributed by atoms with E-state index in [0.717, 1.165) is 16.6 Å². The molecule has 0 radical (unpaired) electrons. The van der Waals surface area contributed by atoms with Crippen LogP contribution in [0.3, 0.4) is 0 Å². The van der Waals surface area contributed by atoms with E-state index in [1.54, 1.807) is 7.05 Å². The standard InChI is InChI=1S/C16H25BN2O3/c1-11-9-13(8-7-12(11)10-19-14(20)18-6)17-21-15(2,3)16(4,5)22-17/h7-9H,10H2,1-6H3,(H2,18,19,20). The van der Waals surface area contributed by atoms with Crippen molar-refractivity contribution < 1.29 is 14.1 Å². The number of amides is 2. The second-order valence-corrected chi connectivity index (χ2v) is 6.71. The predicted molar refractivity (Wildman–Crippen MR) is 88.2 cm³/mol. The highest BCUT2D eigenvalue weighted by atomic mass is 16.7. The molecule has 1 aromatic carbocycles. The zero-order chi connectivity index (χ0) is 16.5. The van der Waals surface area contributed by atoms with E-state index in [4.69, 9.17) is 9.31 Å². The molecule has 1 aliphatic rings. The van der Waals surface area contributed by atoms with Crippen LogP contribution in [0.2, 0.25) is 0 Å². The molecule has 0 bridgehead atoms. The summed E-state index contributed by atoms with van der Waals surface area (Å²) in [5.74, 6) is 0. The lowest BCUT2D eigenvalue weighted by Gasteiger charge is -2.32. The van der Waals surface area contributed by atoms with Crippen LogP contribution in [-0.2, 0) is 15.9 Å². The van der Waals surface area contributed by atoms with Gasteiger partial charge < -0.3 is 19.9 Å². The molecule has 0 spiro atoms. The molecule has 1 aliphatic heterocycles. The molecule has 0 atom stereocenters. The van der Waals surface area contributed by atoms with E-state index >= 15 is 0 Å². The van der Waals surface area contributed by atoms with Crippen LogP contribution in [0.5, 0.6) is 0 Å². The smallest absolute Gasteiger partial charge is 0.399 e. The maximum Gasteiger partial charge on any atom is 0.494 e. The van der Waals surface area contributed by atoms with Gasteiger partial charge in [0.05, 0.1) is 11.2 Å². The van der Waals surface area contributed by atoms with Crippen LogP contribution in [-0.4, -0.2) is 31.4 Å². The van der Waals surface area contributed by atoms with Crippen molar-refractivity contribution in [1.29, 1.82) is 0 Å². The zero-order valence-electron chi connectivity index (χ0n) is 14.2. The molecule has 1 aromatic rings. The Morgan fingerprint density at radius 2 is 1.77 bits per heavy atom. The minimum absolute atomic E-state index is 0.186. The van der Waals surface area contributed by atoms with Crippen molar-refractivity contribution in [2.45, 2.75) is 52.4 Å². The van der Waals surface area contributed by atoms with Gasteiger partial charge in [-0.05, 0) is 51.2 Å². The van der Waals surface area contributed by atoms with Gasteiger partial charge in [-0.3, -0.25) is 0 Å². The maximum absolute atomic E-state index is 11.3. The molecule has 1 saturated heterocycles. The Morgan fingerprint density at radius 1 is 1.18 bits per heavy atom. The van der Waals surface area contributed by atoms with Gasteiger partial charge in [0.15, 0.2) is 0 Å². The Kier molecular flexibility index (Phi) is 4.54. The zero-order valence-corrected chi connectivity index (χ0v) is 14.2. The lowest BCUT2D eigenvalue weighted by Crippen LogP contribution is -2.41. The molecule has 2 amide bonds. The summed E-state index contributed by atoms with van der Waals surface area (Å²) in [7, 11) is 1.24. The summed E-state index contributed by atoms with van der Waals surface area (Å²) in [5.41, 5.74) is 2.49. The van der Waals surface area contributed by atoms with Gasteiger partial charge in [0.2, 0.25) is 0 Å². The molecule has 5 nitrogen and oxygen atoms in total. The normalized spacial score (nSPS) is 19.1. The molecule has 1 heterocycles. The van der Waals surface area contributed by atoms with Crippen molar-refractivity contribution in [2.75, 3.05) is 7.05 Å². The Hall–Kier alpha value is -1.53. The van der Waals surface area contributed by atoms with Crippen molar-refractivity contribution in [2.24, 2.45) is 0 Å². The second kappa shape index (κ2) is 5.93. The number of aryl methyl sites for hydroxylation is 1. The minimum Gasteiger partial charge on any atom is -0.399 e. The lowest BCUT2D eigenvalue weighted by atomic mass is 9.78. The van der Waals surface area contributed by atoms with E-state index < -0.39 is 0 Å². The molecule has 0 aliphatic carbocycles. The Bertz CT molecular complexity index is 557. The van der Waals surface area contributed by atoms with Crippen molar-refractivity contribution >= 4 is 18.6 Å². The topological polar surface area (TPSA) is 59.6 Å². The molecule has 2 rings (SSSR count). The van der Waals surface area contributed by atoms with Crippen LogP contribution in [0.25, 0.3) is 0 Å². The predicted octanol–water partition coefficient (Wildman–Crippen LogP) is 1.72. The van der Waals surface area contributed by atoms with Crippen LogP contribution in [0, 0.1) is 6.92 Å². The van der Waals surface area contributed by atoms with Crippen LogP contribution in [0.4, 0.5) is 4.79 Å². The summed E-state index contributed by atoms with van der Waals surface area (Å²) in [5, 5.41) is 5.33. The summed E-state index contributed by atoms with van der Waals surface area (Å²) in [6, 6.07) is 5.87. The van der Waals surface area contributed by atoms with Gasteiger partial charge in [-0.15, -0.1) is 0 Å². The molecule has 0 saturated carbocycles. The van der Waals surface area contributed by atoms with Gasteiger partial charge in [-0.25, -0.2) is 4.79 Å². The van der Waals surface area contributed by atoms with Gasteiger partial charge >= 0.3 is 13.1 Å². The Balaban J connectivity index is 2.12. The Morgan fingerprint density at radius 3 is 2.27 bits per heavy atom. The summed E-state index contributed by atoms with van der Waals surface area (Å²) < 4.78 is 12.1. The summed E-state index contributed by atoms with van der Waals surface area (Å²) in [4.78, 5) is 11.3. The number of hydrogen-bond donors (Lipinski definition) is 2. The summed E-state index contributed by atoms with van der Waals surface area (Å²) in [6.07, 6.45) is 0. The highest BCUT2D eigenvalue weighted by Gasteiger charge is 2.51. The van der Waals surface area contributed by atoms with Gasteiger partial charge in [-0.2, -0.15) is 0 Å². The molecule has 0 unspecified atom stereocenters. The second-order valence-electron chi connectivity index (χ2n) is 6.71. The fraction of sp³-hybridized carbons (Fsp3) is 0.562. The highest BCUT2D eigenvalue weighted by molar-refractivity contribution is 6.62. The minimum atomic E-state index is -0.357. The number of urea groups is 1. The average Bonchev–Trinajstić information content (AvgIpc) is 2.65. The van der Waals surface area contributed by atoms with E-state index in [-0.39, 0.29) is 24.4 Å². The summed E-state index contributed by atoms with van der Waals surface area (Å²) in [6.45, 7) is 10.7. The van der Waals surface area contributed by atoms with Crippen LogP contribution >= 0.6 is 0 Å². The highest BCUT2D eigenvalue weighted by Crippen LogP contribution is 2.36. The van der Waals surface area contributed by atoms with Crippen LogP contribution in [0.15, 0.2) is 18.2 Å². The largest absolute Gasteiger partial charge is 0.494 e. The van der Waals surface area contributed by atoms with Gasteiger partial charge in [0.25, 0.3) is 0 Å². The van der Waals surface area contributed by atoms with E-state index in [2.05, 4.69) is 16.7 Å². The van der Waals surface area contributed by atoms with E-state index in [9.17, 15) is 4.79 Å². The number of carbonyl (C=O) groups is 1. The third kappa shape index (κ3) is 3.28. The lowest BCUT2D eigenvalue weighted by molar-refractivity contribution is 0.00578. The first kappa shape index (κ1) is 16.8. The molecule has 2 N–H and O–H groups in total. The monoisotopic (exact) mass is 304 g/mol. The molecule has 120 valence electrons. The van der Waals surface area contributed by atoms with E-state index in [0.29, 0.717) is 6.54 Å². The van der Waals surface area contributed by atoms with Gasteiger partial charge in [0, 0.05) is 13.6 Å². The van der Waals surface area contributed by atoms with Crippen LogP contribution < -0.4 is 16.1 Å². The number of rotatable bonds is 3. The Labute approximate surface area is 132 Å². The molecule has 1 fully saturated rings. The van der Waals surface area contributed by atoms with Crippen molar-refractivity contribution in [3.63, 3.8) is 0 Å². The van der Waals surface area contributed by atoms with Crippen molar-refractivity contribution in [3.05, 3.63) is 29.3 Å². The molecular formula is C16H25BN2O3. The molecule has 22 heavy (non-hydrogen) atoms. The fourth-order valence-corrected chi connectivity index (χ4v) is 2.31. The van der Waals surface area contributed by atoms with Gasteiger partial charge in [-0.1, -0.05) is 18.2 Å². The summed E-state index contributed by atoms with van der Waals surface area (Å²) >= 11 is 0. The number of benzene rings is 1. The van der Waals surface area contributed by atoms with E-state index in [1.807, 2.05) is 46.8 Å². The first-order chi connectivity index (χ1) is 10.2. The average molecular weight is 304 g/mol. The van der Waals surface area contributed by atoms with E-state index in [1.165, 1.54) is 0 Å².